The Morgan fingerprint density at radius 2 is 1.93 bits per heavy atom. The van der Waals surface area contributed by atoms with Crippen molar-refractivity contribution in [3.8, 4) is 5.75 Å². The Labute approximate surface area is 174 Å². The third-order valence-electron chi connectivity index (χ3n) is 4.99. The zero-order valence-corrected chi connectivity index (χ0v) is 17.5. The topological polar surface area (TPSA) is 100 Å². The van der Waals surface area contributed by atoms with E-state index in [-0.39, 0.29) is 10.7 Å². The molecule has 2 aromatic carbocycles. The highest BCUT2D eigenvalue weighted by Gasteiger charge is 2.37. The smallest absolute Gasteiger partial charge is 0.254 e. The highest BCUT2D eigenvalue weighted by atomic mass is 32.1. The van der Waals surface area contributed by atoms with Gasteiger partial charge in [0.2, 0.25) is 0 Å². The fourth-order valence-corrected chi connectivity index (χ4v) is 3.90. The summed E-state index contributed by atoms with van der Waals surface area (Å²) in [5.74, 6) is 0.692. The number of fused-ring (bicyclic) bond motifs is 1. The third-order valence-corrected chi connectivity index (χ3v) is 5.09. The van der Waals surface area contributed by atoms with Gasteiger partial charge in [0.15, 0.2) is 5.11 Å². The number of aryl methyl sites for hydroxylation is 2. The van der Waals surface area contributed by atoms with Crippen molar-refractivity contribution in [3.63, 3.8) is 0 Å². The van der Waals surface area contributed by atoms with Crippen molar-refractivity contribution in [2.45, 2.75) is 26.3 Å². The zero-order chi connectivity index (χ0) is 21.2. The van der Waals surface area contributed by atoms with Crippen molar-refractivity contribution < 1.29 is 9.84 Å². The van der Waals surface area contributed by atoms with Crippen LogP contribution in [0.3, 0.4) is 0 Å². The number of aliphatic hydroxyl groups is 1. The van der Waals surface area contributed by atoms with Crippen LogP contribution in [-0.2, 0) is 5.54 Å². The van der Waals surface area contributed by atoms with Gasteiger partial charge in [-0.2, -0.15) is 0 Å². The van der Waals surface area contributed by atoms with Crippen molar-refractivity contribution in [1.82, 2.24) is 10.3 Å². The fourth-order valence-electron chi connectivity index (χ4n) is 3.73. The Balaban J connectivity index is 2.27. The van der Waals surface area contributed by atoms with Gasteiger partial charge >= 0.3 is 0 Å². The molecule has 0 aliphatic carbocycles. The summed E-state index contributed by atoms with van der Waals surface area (Å²) in [6.07, 6.45) is 0. The van der Waals surface area contributed by atoms with E-state index in [1.54, 1.807) is 30.3 Å². The van der Waals surface area contributed by atoms with Crippen LogP contribution in [0.5, 0.6) is 5.75 Å². The summed E-state index contributed by atoms with van der Waals surface area (Å²) in [6.45, 7) is 5.97. The molecule has 0 aliphatic heterocycles. The van der Waals surface area contributed by atoms with Crippen LogP contribution in [0.4, 0.5) is 0 Å². The molecular formula is C22H25N3O3S. The van der Waals surface area contributed by atoms with Crippen molar-refractivity contribution in [1.29, 1.82) is 0 Å². The lowest BCUT2D eigenvalue weighted by molar-refractivity contribution is 0.207. The molecule has 7 heteroatoms. The molecule has 0 saturated carbocycles. The maximum atomic E-state index is 13.1. The van der Waals surface area contributed by atoms with E-state index in [1.807, 2.05) is 32.9 Å². The molecule has 1 atom stereocenters. The fraction of sp³-hybridized carbons (Fsp3) is 0.273. The van der Waals surface area contributed by atoms with Crippen LogP contribution < -0.4 is 21.3 Å². The molecule has 3 rings (SSSR count). The molecule has 1 heterocycles. The predicted molar refractivity (Wildman–Crippen MR) is 119 cm³/mol. The summed E-state index contributed by atoms with van der Waals surface area (Å²) in [6, 6.07) is 12.9. The zero-order valence-electron chi connectivity index (χ0n) is 16.7. The lowest BCUT2D eigenvalue weighted by atomic mass is 9.83. The monoisotopic (exact) mass is 411 g/mol. The molecule has 152 valence electrons. The number of H-pyrrole nitrogens is 1. The van der Waals surface area contributed by atoms with E-state index in [1.165, 1.54) is 0 Å². The normalized spacial score (nSPS) is 13.1. The van der Waals surface area contributed by atoms with E-state index in [2.05, 4.69) is 10.3 Å². The van der Waals surface area contributed by atoms with Crippen LogP contribution in [0.2, 0.25) is 0 Å². The molecule has 1 aromatic heterocycles. The van der Waals surface area contributed by atoms with Crippen LogP contribution in [0.15, 0.2) is 47.3 Å². The van der Waals surface area contributed by atoms with Crippen LogP contribution >= 0.6 is 12.2 Å². The van der Waals surface area contributed by atoms with E-state index in [0.717, 1.165) is 22.0 Å². The summed E-state index contributed by atoms with van der Waals surface area (Å²) in [7, 11) is 0. The van der Waals surface area contributed by atoms with Gasteiger partial charge in [-0.25, -0.2) is 0 Å². The van der Waals surface area contributed by atoms with Crippen LogP contribution in [-0.4, -0.2) is 28.4 Å². The molecular weight excluding hydrogens is 386 g/mol. The second-order valence-electron chi connectivity index (χ2n) is 7.07. The molecule has 0 fully saturated rings. The quantitative estimate of drug-likeness (QED) is 0.465. The molecule has 5 N–H and O–H groups in total. The number of hydrogen-bond acceptors (Lipinski definition) is 4. The van der Waals surface area contributed by atoms with Gasteiger partial charge in [0, 0.05) is 0 Å². The number of benzene rings is 2. The van der Waals surface area contributed by atoms with Gasteiger partial charge in [0.25, 0.3) is 5.56 Å². The van der Waals surface area contributed by atoms with Crippen LogP contribution in [0.25, 0.3) is 10.9 Å². The summed E-state index contributed by atoms with van der Waals surface area (Å²) < 4.78 is 5.50. The van der Waals surface area contributed by atoms with E-state index >= 15 is 0 Å². The minimum atomic E-state index is -1.30. The Hall–Kier alpha value is -2.90. The molecule has 29 heavy (non-hydrogen) atoms. The van der Waals surface area contributed by atoms with E-state index in [9.17, 15) is 9.90 Å². The number of hydrogen-bond donors (Lipinski definition) is 4. The lowest BCUT2D eigenvalue weighted by Gasteiger charge is -2.34. The minimum Gasteiger partial charge on any atom is -0.494 e. The van der Waals surface area contributed by atoms with Crippen LogP contribution in [0.1, 0.15) is 29.2 Å². The number of nitrogens with one attached hydrogen (secondary N) is 2. The first-order chi connectivity index (χ1) is 13.8. The maximum Gasteiger partial charge on any atom is 0.254 e. The summed E-state index contributed by atoms with van der Waals surface area (Å²) >= 11 is 5.08. The first-order valence-corrected chi connectivity index (χ1v) is 9.78. The first kappa shape index (κ1) is 20.8. The summed E-state index contributed by atoms with van der Waals surface area (Å²) in [5.41, 5.74) is 7.95. The lowest BCUT2D eigenvalue weighted by Crippen LogP contribution is -2.53. The van der Waals surface area contributed by atoms with E-state index < -0.39 is 12.1 Å². The number of aromatic nitrogens is 1. The molecule has 3 aromatic rings. The molecule has 0 radical (unpaired) electrons. The Kier molecular flexibility index (Phi) is 5.91. The standard InChI is InChI=1S/C22H25N3O3S/c1-4-28-17-7-5-16(6-8-17)22(12-26,25-21(23)29)18-11-15-10-13(2)9-14(3)19(15)24-20(18)27/h5-11,26H,4,12H2,1-3H3,(H,24,27)(H3,23,25,29). The molecule has 0 amide bonds. The van der Waals surface area contributed by atoms with Gasteiger partial charge in [-0.3, -0.25) is 4.79 Å². The largest absolute Gasteiger partial charge is 0.494 e. The third kappa shape index (κ3) is 3.97. The van der Waals surface area contributed by atoms with Gasteiger partial charge in [0.05, 0.1) is 24.3 Å². The van der Waals surface area contributed by atoms with Crippen molar-refractivity contribution >= 4 is 28.2 Å². The summed E-state index contributed by atoms with van der Waals surface area (Å²) in [5, 5.41) is 14.3. The summed E-state index contributed by atoms with van der Waals surface area (Å²) in [4.78, 5) is 16.0. The molecule has 0 spiro atoms. The highest BCUT2D eigenvalue weighted by molar-refractivity contribution is 7.80. The number of aliphatic hydroxyl groups excluding tert-OH is 1. The van der Waals surface area contributed by atoms with Crippen molar-refractivity contribution in [3.05, 3.63) is 75.1 Å². The number of rotatable bonds is 6. The highest BCUT2D eigenvalue weighted by Crippen LogP contribution is 2.31. The second-order valence-corrected chi connectivity index (χ2v) is 7.51. The van der Waals surface area contributed by atoms with Crippen LogP contribution in [0, 0.1) is 13.8 Å². The number of pyridine rings is 1. The maximum absolute atomic E-state index is 13.1. The average Bonchev–Trinajstić information content (AvgIpc) is 2.67. The first-order valence-electron chi connectivity index (χ1n) is 9.37. The molecule has 0 saturated heterocycles. The average molecular weight is 412 g/mol. The molecule has 0 aliphatic rings. The van der Waals surface area contributed by atoms with Gasteiger partial charge in [-0.05, 0) is 73.8 Å². The Bertz CT molecular complexity index is 1110. The van der Waals surface area contributed by atoms with Gasteiger partial charge in [0.1, 0.15) is 11.3 Å². The molecule has 0 bridgehead atoms. The number of ether oxygens (including phenoxy) is 1. The van der Waals surface area contributed by atoms with Gasteiger partial charge in [-0.15, -0.1) is 0 Å². The number of aromatic amines is 1. The molecule has 1 unspecified atom stereocenters. The van der Waals surface area contributed by atoms with E-state index in [4.69, 9.17) is 22.7 Å². The number of nitrogens with two attached hydrogens (primary N) is 1. The Morgan fingerprint density at radius 1 is 1.24 bits per heavy atom. The number of thiocarbonyl (C=S) groups is 1. The molecule has 6 nitrogen and oxygen atoms in total. The minimum absolute atomic E-state index is 0.0205. The van der Waals surface area contributed by atoms with Crippen molar-refractivity contribution in [2.75, 3.05) is 13.2 Å². The predicted octanol–water partition coefficient (Wildman–Crippen LogP) is 2.61. The van der Waals surface area contributed by atoms with Gasteiger partial charge < -0.3 is 25.9 Å². The second kappa shape index (κ2) is 8.23. The van der Waals surface area contributed by atoms with Crippen molar-refractivity contribution in [2.24, 2.45) is 5.73 Å². The van der Waals surface area contributed by atoms with Gasteiger partial charge in [-0.1, -0.05) is 23.8 Å². The Morgan fingerprint density at radius 3 is 2.52 bits per heavy atom. The van der Waals surface area contributed by atoms with E-state index in [0.29, 0.717) is 23.5 Å². The SMILES string of the molecule is CCOc1ccc(C(CO)(NC(N)=S)c2cc3cc(C)cc(C)c3[nH]c2=O)cc1.